The van der Waals surface area contributed by atoms with E-state index in [9.17, 15) is 9.59 Å². The van der Waals surface area contributed by atoms with Crippen molar-refractivity contribution in [3.05, 3.63) is 57.6 Å². The van der Waals surface area contributed by atoms with E-state index >= 15 is 0 Å². The maximum Gasteiger partial charge on any atom is 0.307 e. The van der Waals surface area contributed by atoms with E-state index in [-0.39, 0.29) is 13.0 Å². The van der Waals surface area contributed by atoms with E-state index in [2.05, 4.69) is 31.3 Å². The smallest absolute Gasteiger partial charge is 0.307 e. The Morgan fingerprint density at radius 1 is 1.04 bits per heavy atom. The molecule has 2 aromatic rings. The minimum absolute atomic E-state index is 0.245. The van der Waals surface area contributed by atoms with E-state index in [1.54, 1.807) is 17.8 Å². The number of rotatable bonds is 7. The summed E-state index contributed by atoms with van der Waals surface area (Å²) in [5.41, 5.74) is 4.90. The monoisotopic (exact) mass is 405 g/mol. The maximum absolute atomic E-state index is 12.0. The molecule has 0 spiro atoms. The van der Waals surface area contributed by atoms with Gasteiger partial charge in [0.05, 0.1) is 17.1 Å². The molecule has 4 nitrogen and oxygen atoms in total. The summed E-state index contributed by atoms with van der Waals surface area (Å²) >= 11 is 7.76. The van der Waals surface area contributed by atoms with Crippen molar-refractivity contribution < 1.29 is 14.3 Å². The van der Waals surface area contributed by atoms with E-state index in [0.29, 0.717) is 16.5 Å². The van der Waals surface area contributed by atoms with Crippen molar-refractivity contribution in [3.8, 4) is 0 Å². The summed E-state index contributed by atoms with van der Waals surface area (Å²) in [4.78, 5) is 25.0. The Bertz CT molecular complexity index is 828. The number of hydrogen-bond acceptors (Lipinski definition) is 4. The Kier molecular flexibility index (Phi) is 7.75. The van der Waals surface area contributed by atoms with Crippen LogP contribution in [0.1, 0.15) is 28.7 Å². The maximum atomic E-state index is 12.0. The number of carbonyl (C=O) groups is 2. The normalized spacial score (nSPS) is 10.6. The lowest BCUT2D eigenvalue weighted by Crippen LogP contribution is -2.21. The zero-order chi connectivity index (χ0) is 20.0. The second kappa shape index (κ2) is 9.81. The van der Waals surface area contributed by atoms with Crippen LogP contribution < -0.4 is 5.32 Å². The highest BCUT2D eigenvalue weighted by atomic mass is 35.5. The van der Waals surface area contributed by atoms with Crippen LogP contribution >= 0.6 is 23.4 Å². The van der Waals surface area contributed by atoms with E-state index < -0.39 is 11.9 Å². The molecule has 0 saturated carbocycles. The second-order valence-electron chi connectivity index (χ2n) is 6.49. The molecule has 27 heavy (non-hydrogen) atoms. The van der Waals surface area contributed by atoms with Crippen molar-refractivity contribution in [1.82, 2.24) is 0 Å². The molecule has 6 heteroatoms. The fraction of sp³-hybridized carbons (Fsp3) is 0.333. The van der Waals surface area contributed by atoms with Crippen LogP contribution in [0, 0.1) is 27.7 Å². The van der Waals surface area contributed by atoms with Gasteiger partial charge in [-0.25, -0.2) is 0 Å². The minimum atomic E-state index is -0.404. The summed E-state index contributed by atoms with van der Waals surface area (Å²) in [5.74, 6) is -0.196. The molecule has 0 atom stereocenters. The van der Waals surface area contributed by atoms with Gasteiger partial charge in [-0.1, -0.05) is 23.7 Å². The number of thioether (sulfide) groups is 1. The van der Waals surface area contributed by atoms with Gasteiger partial charge in [0.2, 0.25) is 0 Å². The number of hydrogen-bond donors (Lipinski definition) is 1. The van der Waals surface area contributed by atoms with Gasteiger partial charge in [0.1, 0.15) is 0 Å². The number of aryl methyl sites for hydroxylation is 4. The summed E-state index contributed by atoms with van der Waals surface area (Å²) in [6.07, 6.45) is 0.245. The zero-order valence-electron chi connectivity index (χ0n) is 16.0. The van der Waals surface area contributed by atoms with Gasteiger partial charge < -0.3 is 10.1 Å². The molecule has 0 bridgehead atoms. The number of amides is 1. The van der Waals surface area contributed by atoms with Gasteiger partial charge in [0.25, 0.3) is 5.91 Å². The summed E-state index contributed by atoms with van der Waals surface area (Å²) in [6, 6.07) is 9.92. The molecule has 2 aromatic carbocycles. The first kappa shape index (κ1) is 21.3. The van der Waals surface area contributed by atoms with Crippen molar-refractivity contribution >= 4 is 40.9 Å². The van der Waals surface area contributed by atoms with E-state index in [1.165, 1.54) is 11.1 Å². The average Bonchev–Trinajstić information content (AvgIpc) is 2.59. The van der Waals surface area contributed by atoms with Crippen LogP contribution in [0.25, 0.3) is 0 Å². The molecular weight excluding hydrogens is 382 g/mol. The van der Waals surface area contributed by atoms with Crippen LogP contribution in [0.4, 0.5) is 5.69 Å². The molecule has 144 valence electrons. The van der Waals surface area contributed by atoms with Gasteiger partial charge in [-0.2, -0.15) is 0 Å². The molecule has 0 aliphatic carbocycles. The summed E-state index contributed by atoms with van der Waals surface area (Å²) in [6.45, 7) is 7.61. The minimum Gasteiger partial charge on any atom is -0.456 e. The van der Waals surface area contributed by atoms with Crippen LogP contribution in [-0.2, 0) is 14.3 Å². The van der Waals surface area contributed by atoms with E-state index in [1.807, 2.05) is 26.0 Å². The number of esters is 1. The molecule has 0 aliphatic heterocycles. The number of nitrogens with one attached hydrogen (secondary N) is 1. The number of benzene rings is 2. The highest BCUT2D eigenvalue weighted by molar-refractivity contribution is 7.99. The lowest BCUT2D eigenvalue weighted by Gasteiger charge is -2.12. The average molecular weight is 406 g/mol. The highest BCUT2D eigenvalue weighted by Crippen LogP contribution is 2.27. The van der Waals surface area contributed by atoms with Crippen molar-refractivity contribution in [3.63, 3.8) is 0 Å². The third-order valence-corrected chi connectivity index (χ3v) is 5.41. The number of anilines is 1. The molecule has 0 aromatic heterocycles. The SMILES string of the molecule is Cc1cc(C)c(NC(=O)COC(=O)CCSc2ccc(C)c(C)c2)c(Cl)c1. The Morgan fingerprint density at radius 3 is 2.44 bits per heavy atom. The standard InChI is InChI=1S/C21H24ClNO3S/c1-13-9-16(4)21(18(22)10-13)23-19(24)12-26-20(25)7-8-27-17-6-5-14(2)15(3)11-17/h5-6,9-11H,7-8,12H2,1-4H3,(H,23,24). The predicted octanol–water partition coefficient (Wildman–Crippen LogP) is 5.24. The number of halogens is 1. The van der Waals surface area contributed by atoms with Gasteiger partial charge in [0, 0.05) is 10.6 Å². The first-order valence-corrected chi connectivity index (χ1v) is 10.0. The molecule has 0 aliphatic rings. The second-order valence-corrected chi connectivity index (χ2v) is 8.07. The third kappa shape index (κ3) is 6.60. The van der Waals surface area contributed by atoms with Gasteiger partial charge >= 0.3 is 5.97 Å². The molecule has 0 radical (unpaired) electrons. The van der Waals surface area contributed by atoms with E-state index in [4.69, 9.17) is 16.3 Å². The molecule has 0 saturated heterocycles. The fourth-order valence-corrected chi connectivity index (χ4v) is 3.82. The lowest BCUT2D eigenvalue weighted by atomic mass is 10.1. The Morgan fingerprint density at radius 2 is 1.78 bits per heavy atom. The third-order valence-electron chi connectivity index (χ3n) is 4.11. The molecule has 0 heterocycles. The van der Waals surface area contributed by atoms with E-state index in [0.717, 1.165) is 16.0 Å². The molecule has 0 unspecified atom stereocenters. The molecule has 1 amide bonds. The summed E-state index contributed by atoms with van der Waals surface area (Å²) in [7, 11) is 0. The van der Waals surface area contributed by atoms with Crippen LogP contribution in [0.15, 0.2) is 35.2 Å². The van der Waals surface area contributed by atoms with Crippen molar-refractivity contribution in [2.45, 2.75) is 39.0 Å². The van der Waals surface area contributed by atoms with Crippen molar-refractivity contribution in [1.29, 1.82) is 0 Å². The fourth-order valence-electron chi connectivity index (χ4n) is 2.52. The number of ether oxygens (including phenoxy) is 1. The Balaban J connectivity index is 1.75. The van der Waals surface area contributed by atoms with Gasteiger partial charge in [0.15, 0.2) is 6.61 Å². The predicted molar refractivity (Wildman–Crippen MR) is 112 cm³/mol. The molecule has 2 rings (SSSR count). The topological polar surface area (TPSA) is 55.4 Å². The zero-order valence-corrected chi connectivity index (χ0v) is 17.6. The quantitative estimate of drug-likeness (QED) is 0.505. The van der Waals surface area contributed by atoms with Crippen molar-refractivity contribution in [2.75, 3.05) is 17.7 Å². The van der Waals surface area contributed by atoms with Gasteiger partial charge in [-0.3, -0.25) is 9.59 Å². The molecular formula is C21H24ClNO3S. The van der Waals surface area contributed by atoms with Crippen molar-refractivity contribution in [2.24, 2.45) is 0 Å². The first-order chi connectivity index (χ1) is 12.8. The first-order valence-electron chi connectivity index (χ1n) is 8.68. The molecule has 0 fully saturated rings. The van der Waals surface area contributed by atoms with Crippen LogP contribution in [0.3, 0.4) is 0 Å². The Hall–Kier alpha value is -1.98. The Labute approximate surface area is 169 Å². The summed E-state index contributed by atoms with van der Waals surface area (Å²) in [5, 5.41) is 3.17. The lowest BCUT2D eigenvalue weighted by molar-refractivity contribution is -0.146. The van der Waals surface area contributed by atoms with Crippen LogP contribution in [-0.4, -0.2) is 24.2 Å². The van der Waals surface area contributed by atoms with Gasteiger partial charge in [-0.05, 0) is 68.1 Å². The van der Waals surface area contributed by atoms with Crippen LogP contribution in [0.2, 0.25) is 5.02 Å². The van der Waals surface area contributed by atoms with Gasteiger partial charge in [-0.15, -0.1) is 11.8 Å². The molecule has 1 N–H and O–H groups in total. The highest BCUT2D eigenvalue weighted by Gasteiger charge is 2.12. The largest absolute Gasteiger partial charge is 0.456 e. The number of carbonyl (C=O) groups excluding carboxylic acids is 2. The van der Waals surface area contributed by atoms with Crippen LogP contribution in [0.5, 0.6) is 0 Å². The summed E-state index contributed by atoms with van der Waals surface area (Å²) < 4.78 is 5.05.